The fraction of sp³-hybridized carbons (Fsp3) is 0.385. The molecule has 1 amide bonds. The highest BCUT2D eigenvalue weighted by Gasteiger charge is 2.13. The summed E-state index contributed by atoms with van der Waals surface area (Å²) in [4.78, 5) is 30.0. The summed E-state index contributed by atoms with van der Waals surface area (Å²) in [5, 5.41) is 6.90. The monoisotopic (exact) mass is 291 g/mol. The van der Waals surface area contributed by atoms with E-state index in [0.717, 1.165) is 0 Å². The van der Waals surface area contributed by atoms with Crippen LogP contribution in [-0.4, -0.2) is 38.9 Å². The highest BCUT2D eigenvalue weighted by atomic mass is 16.5. The number of rotatable bonds is 5. The Bertz CT molecular complexity index is 704. The van der Waals surface area contributed by atoms with Gasteiger partial charge in [0.1, 0.15) is 12.4 Å². The number of aromatic amines is 1. The molecule has 0 aliphatic heterocycles. The second-order valence-corrected chi connectivity index (χ2v) is 4.48. The van der Waals surface area contributed by atoms with Crippen molar-refractivity contribution in [1.82, 2.24) is 19.7 Å². The number of nitrogens with one attached hydrogen (secondary N) is 2. The minimum absolute atomic E-state index is 0.0432. The highest BCUT2D eigenvalue weighted by Crippen LogP contribution is 2.13. The van der Waals surface area contributed by atoms with Gasteiger partial charge in [0, 0.05) is 24.4 Å². The number of ether oxygens (including phenoxy) is 1. The lowest BCUT2D eigenvalue weighted by molar-refractivity contribution is -0.120. The quantitative estimate of drug-likeness (QED) is 0.837. The molecule has 0 aliphatic rings. The molecular weight excluding hydrogens is 274 g/mol. The van der Waals surface area contributed by atoms with E-state index in [1.807, 2.05) is 6.92 Å². The number of nitrogens with zero attached hydrogens (tertiary/aromatic N) is 3. The van der Waals surface area contributed by atoms with Crippen LogP contribution in [0.25, 0.3) is 5.95 Å². The van der Waals surface area contributed by atoms with Crippen LogP contribution in [0.5, 0.6) is 0 Å². The first kappa shape index (κ1) is 14.9. The van der Waals surface area contributed by atoms with Crippen LogP contribution in [0, 0.1) is 13.8 Å². The molecule has 8 heteroatoms. The van der Waals surface area contributed by atoms with Gasteiger partial charge < -0.3 is 10.1 Å². The van der Waals surface area contributed by atoms with E-state index in [2.05, 4.69) is 20.4 Å². The molecule has 0 atom stereocenters. The maximum Gasteiger partial charge on any atom is 0.252 e. The van der Waals surface area contributed by atoms with Crippen molar-refractivity contribution in [2.24, 2.45) is 0 Å². The van der Waals surface area contributed by atoms with Gasteiger partial charge >= 0.3 is 0 Å². The van der Waals surface area contributed by atoms with Crippen LogP contribution in [0.1, 0.15) is 18.3 Å². The summed E-state index contributed by atoms with van der Waals surface area (Å²) in [7, 11) is 0. The van der Waals surface area contributed by atoms with Crippen molar-refractivity contribution in [1.29, 1.82) is 0 Å². The fourth-order valence-electron chi connectivity index (χ4n) is 1.79. The zero-order chi connectivity index (χ0) is 15.4. The number of aryl methyl sites for hydroxylation is 2. The predicted octanol–water partition coefficient (Wildman–Crippen LogP) is 0.547. The maximum absolute atomic E-state index is 11.7. The zero-order valence-corrected chi connectivity index (χ0v) is 12.1. The molecule has 0 saturated heterocycles. The van der Waals surface area contributed by atoms with Gasteiger partial charge in [-0.25, -0.2) is 4.98 Å². The smallest absolute Gasteiger partial charge is 0.252 e. The minimum Gasteiger partial charge on any atom is -0.372 e. The van der Waals surface area contributed by atoms with Gasteiger partial charge in [-0.3, -0.25) is 14.6 Å². The summed E-state index contributed by atoms with van der Waals surface area (Å²) in [6.45, 7) is 5.71. The lowest BCUT2D eigenvalue weighted by atomic mass is 10.4. The van der Waals surface area contributed by atoms with Gasteiger partial charge in [0.2, 0.25) is 5.95 Å². The third-order valence-electron chi connectivity index (χ3n) is 2.59. The first-order valence-electron chi connectivity index (χ1n) is 6.52. The number of hydrogen-bond acceptors (Lipinski definition) is 5. The molecule has 0 unspecified atom stereocenters. The van der Waals surface area contributed by atoms with Crippen molar-refractivity contribution >= 4 is 11.7 Å². The molecule has 0 saturated carbocycles. The zero-order valence-electron chi connectivity index (χ0n) is 12.1. The fourth-order valence-corrected chi connectivity index (χ4v) is 1.79. The van der Waals surface area contributed by atoms with E-state index in [4.69, 9.17) is 4.74 Å². The third-order valence-corrected chi connectivity index (χ3v) is 2.59. The second kappa shape index (κ2) is 6.31. The summed E-state index contributed by atoms with van der Waals surface area (Å²) < 4.78 is 6.43. The minimum atomic E-state index is -0.298. The molecular formula is C13H17N5O3. The standard InChI is InChI=1S/C13H17N5O3/c1-4-21-7-12(20)15-10-5-9(3)17-18(10)13-14-8(2)6-11(19)16-13/h5-6H,4,7H2,1-3H3,(H,15,20)(H,14,16,19). The van der Waals surface area contributed by atoms with Gasteiger partial charge in [0.15, 0.2) is 0 Å². The van der Waals surface area contributed by atoms with E-state index in [1.165, 1.54) is 10.7 Å². The van der Waals surface area contributed by atoms with Crippen molar-refractivity contribution in [2.75, 3.05) is 18.5 Å². The summed E-state index contributed by atoms with van der Waals surface area (Å²) in [5.41, 5.74) is 0.969. The second-order valence-electron chi connectivity index (χ2n) is 4.48. The molecule has 0 bridgehead atoms. The van der Waals surface area contributed by atoms with Crippen LogP contribution >= 0.6 is 0 Å². The molecule has 2 heterocycles. The molecule has 0 fully saturated rings. The Hall–Kier alpha value is -2.48. The summed E-state index contributed by atoms with van der Waals surface area (Å²) in [6, 6.07) is 3.07. The van der Waals surface area contributed by atoms with E-state index in [0.29, 0.717) is 23.8 Å². The van der Waals surface area contributed by atoms with Gasteiger partial charge in [0.25, 0.3) is 11.5 Å². The van der Waals surface area contributed by atoms with Crippen molar-refractivity contribution in [2.45, 2.75) is 20.8 Å². The molecule has 21 heavy (non-hydrogen) atoms. The van der Waals surface area contributed by atoms with Gasteiger partial charge in [-0.2, -0.15) is 9.78 Å². The van der Waals surface area contributed by atoms with Crippen LogP contribution in [0.15, 0.2) is 16.9 Å². The van der Waals surface area contributed by atoms with E-state index >= 15 is 0 Å². The predicted molar refractivity (Wildman–Crippen MR) is 76.6 cm³/mol. The SMILES string of the molecule is CCOCC(=O)Nc1cc(C)nn1-c1nc(C)cc(=O)[nH]1. The molecule has 0 spiro atoms. The van der Waals surface area contributed by atoms with Crippen LogP contribution in [0.3, 0.4) is 0 Å². The number of aromatic nitrogens is 4. The topological polar surface area (TPSA) is 102 Å². The number of amides is 1. The third kappa shape index (κ3) is 3.76. The first-order chi connectivity index (χ1) is 9.99. The first-order valence-corrected chi connectivity index (χ1v) is 6.52. The summed E-state index contributed by atoms with van der Waals surface area (Å²) in [6.07, 6.45) is 0. The molecule has 2 aromatic heterocycles. The molecule has 0 radical (unpaired) electrons. The van der Waals surface area contributed by atoms with Crippen LogP contribution in [-0.2, 0) is 9.53 Å². The molecule has 0 aromatic carbocycles. The molecule has 8 nitrogen and oxygen atoms in total. The van der Waals surface area contributed by atoms with E-state index in [1.54, 1.807) is 19.9 Å². The molecule has 2 rings (SSSR count). The molecule has 112 valence electrons. The van der Waals surface area contributed by atoms with Crippen LogP contribution in [0.2, 0.25) is 0 Å². The van der Waals surface area contributed by atoms with E-state index in [-0.39, 0.29) is 24.0 Å². The van der Waals surface area contributed by atoms with E-state index in [9.17, 15) is 9.59 Å². The van der Waals surface area contributed by atoms with Crippen LogP contribution in [0.4, 0.5) is 5.82 Å². The molecule has 2 aromatic rings. The van der Waals surface area contributed by atoms with Crippen LogP contribution < -0.4 is 10.9 Å². The Kier molecular flexibility index (Phi) is 4.49. The van der Waals surface area contributed by atoms with E-state index < -0.39 is 0 Å². The lowest BCUT2D eigenvalue weighted by Gasteiger charge is -2.08. The Morgan fingerprint density at radius 2 is 2.14 bits per heavy atom. The van der Waals surface area contributed by atoms with Gasteiger partial charge in [-0.05, 0) is 20.8 Å². The van der Waals surface area contributed by atoms with Crippen molar-refractivity contribution in [3.63, 3.8) is 0 Å². The van der Waals surface area contributed by atoms with Gasteiger partial charge in [-0.15, -0.1) is 0 Å². The van der Waals surface area contributed by atoms with Crippen molar-refractivity contribution in [3.8, 4) is 5.95 Å². The number of carbonyl (C=O) groups is 1. The summed E-state index contributed by atoms with van der Waals surface area (Å²) in [5.74, 6) is 0.374. The van der Waals surface area contributed by atoms with Crippen molar-refractivity contribution in [3.05, 3.63) is 33.9 Å². The number of hydrogen-bond donors (Lipinski definition) is 2. The average Bonchev–Trinajstić information content (AvgIpc) is 2.76. The number of carbonyl (C=O) groups excluding carboxylic acids is 1. The lowest BCUT2D eigenvalue weighted by Crippen LogP contribution is -2.21. The molecule has 2 N–H and O–H groups in total. The Morgan fingerprint density at radius 1 is 1.38 bits per heavy atom. The number of anilines is 1. The van der Waals surface area contributed by atoms with Crippen molar-refractivity contribution < 1.29 is 9.53 Å². The Balaban J connectivity index is 2.32. The number of H-pyrrole nitrogens is 1. The Morgan fingerprint density at radius 3 is 2.81 bits per heavy atom. The van der Waals surface area contributed by atoms with Gasteiger partial charge in [-0.1, -0.05) is 0 Å². The summed E-state index contributed by atoms with van der Waals surface area (Å²) >= 11 is 0. The normalized spacial score (nSPS) is 10.6. The largest absolute Gasteiger partial charge is 0.372 e. The van der Waals surface area contributed by atoms with Gasteiger partial charge in [0.05, 0.1) is 5.69 Å². The molecule has 0 aliphatic carbocycles. The average molecular weight is 291 g/mol. The Labute approximate surface area is 121 Å². The highest BCUT2D eigenvalue weighted by molar-refractivity contribution is 5.91. The maximum atomic E-state index is 11.7.